The molecule has 14 nitrogen and oxygen atoms in total. The minimum Gasteiger partial charge on any atom is -0.343 e. The zero-order valence-corrected chi connectivity index (χ0v) is 36.3. The van der Waals surface area contributed by atoms with Gasteiger partial charge in [0, 0.05) is 60.2 Å². The minimum absolute atomic E-state index is 0.00334. The molecule has 0 bridgehead atoms. The first kappa shape index (κ1) is 28.6. The van der Waals surface area contributed by atoms with Crippen molar-refractivity contribution in [1.29, 1.82) is 0 Å². The molecule has 4 N–H and O–H groups in total. The molecule has 15 heteroatoms. The van der Waals surface area contributed by atoms with Crippen LogP contribution in [0.1, 0.15) is 169 Å². The zero-order valence-electron chi connectivity index (χ0n) is 52.5. The Morgan fingerprint density at radius 1 is 0.917 bits per heavy atom. The monoisotopic (exact) mass is 875 g/mol. The van der Waals surface area contributed by atoms with E-state index in [1.165, 1.54) is 15.7 Å². The number of hydrogen-bond acceptors (Lipinski definition) is 8. The summed E-state index contributed by atoms with van der Waals surface area (Å²) in [6.07, 6.45) is 7.15. The van der Waals surface area contributed by atoms with Gasteiger partial charge in [-0.2, -0.15) is 12.7 Å². The Bertz CT molecular complexity index is 2410. The predicted octanol–water partition coefficient (Wildman–Crippen LogP) is 4.41. The van der Waals surface area contributed by atoms with E-state index in [-0.39, 0.29) is 37.8 Å². The van der Waals surface area contributed by atoms with Crippen molar-refractivity contribution in [2.24, 2.45) is 33.5 Å². The van der Waals surface area contributed by atoms with Gasteiger partial charge in [0.15, 0.2) is 0 Å². The van der Waals surface area contributed by atoms with Gasteiger partial charge in [0.1, 0.15) is 23.7 Å². The van der Waals surface area contributed by atoms with Crippen molar-refractivity contribution in [3.8, 4) is 0 Å². The fraction of sp³-hybridized carbons (Fsp3) is 0.844. The molecule has 6 aliphatic rings. The van der Waals surface area contributed by atoms with Crippen molar-refractivity contribution >= 4 is 39.7 Å². The second kappa shape index (κ2) is 16.9. The molecule has 6 fully saturated rings. The van der Waals surface area contributed by atoms with Crippen LogP contribution < -0.4 is 20.7 Å². The number of nitrogens with one attached hydrogen (secondary N) is 4. The quantitative estimate of drug-likeness (QED) is 0.175. The van der Waals surface area contributed by atoms with Crippen LogP contribution in [0, 0.1) is 33.5 Å². The molecule has 338 valence electrons. The number of likely N-dealkylation sites (tertiary alicyclic amines) is 2. The fourth-order valence-corrected chi connectivity index (χ4v) is 12.2. The standard InChI is InChI=1S/C45H75N7O7S/c1-11-31-26-45(31,40(57)49-60(58,59)50(12-2)13-3)48-37(54)33-27-44(42(9,10)43(44)23-19-24-43)28-52(33)39(56)35(41(6,7)8)47-38(55)34(30-20-15-14-16-21-30)46-36(53)32-22-17-18-25-51(32)29(4)5/h11,29-35H,1,12-28H2,2-10H3,(H,46,53)(H,47,55)(H,48,54)(H,49,57)/t31-,32+,33+,34+,35-,44-,45-/m1/s1/i2D3,3D3,4D3,5D3,12D2,13D2,29D. The zero-order chi connectivity index (χ0) is 58.7. The van der Waals surface area contributed by atoms with Gasteiger partial charge in [-0.3, -0.25) is 28.9 Å². The van der Waals surface area contributed by atoms with Crippen molar-refractivity contribution in [2.75, 3.05) is 26.1 Å². The normalized spacial score (nSPS) is 36.7. The van der Waals surface area contributed by atoms with Crippen LogP contribution in [0.2, 0.25) is 0 Å². The smallest absolute Gasteiger partial charge is 0.303 e. The maximum Gasteiger partial charge on any atom is 0.303 e. The van der Waals surface area contributed by atoms with Crippen molar-refractivity contribution in [3.05, 3.63) is 12.7 Å². The second-order valence-electron chi connectivity index (χ2n) is 19.5. The molecule has 2 saturated heterocycles. The summed E-state index contributed by atoms with van der Waals surface area (Å²) in [5.41, 5.74) is -4.78. The van der Waals surface area contributed by atoms with Crippen LogP contribution in [0.5, 0.6) is 0 Å². The van der Waals surface area contributed by atoms with E-state index in [1.807, 2.05) is 13.8 Å². The van der Waals surface area contributed by atoms with Gasteiger partial charge < -0.3 is 20.9 Å². The van der Waals surface area contributed by atoms with Crippen LogP contribution in [0.25, 0.3) is 0 Å². The molecule has 4 saturated carbocycles. The fourth-order valence-electron chi connectivity index (χ4n) is 11.4. The lowest BCUT2D eigenvalue weighted by atomic mass is 9.73. The van der Waals surface area contributed by atoms with E-state index in [4.69, 9.17) is 23.3 Å². The highest BCUT2D eigenvalue weighted by Crippen LogP contribution is 2.88. The van der Waals surface area contributed by atoms with Crippen molar-refractivity contribution < 1.29 is 55.7 Å². The Kier molecular flexibility index (Phi) is 8.07. The SMILES string of the molecule is [2H]C([2H])([2H])C([2H])([2H])N(C([2H])([2H])C([2H])([2H])[2H])S(=O)(=O)NC(=O)[C@@]1(NC(=O)[C@@H]2C[C@@]3(CN2C(=O)[C@@H](NC(=O)[C@@H](NC(=O)[C@@H]2CCCCN2C([2H])(C([2H])([2H])[2H])C([2H])([2H])[2H])C2CCCCC2)C(C)(C)C)C(C)(C)C32CCC2)C[C@H]1C=C. The van der Waals surface area contributed by atoms with E-state index in [9.17, 15) is 22.8 Å². The third-order valence-electron chi connectivity index (χ3n) is 15.3. The highest BCUT2D eigenvalue weighted by molar-refractivity contribution is 7.87. The van der Waals surface area contributed by atoms with Crippen molar-refractivity contribution in [1.82, 2.24) is 34.8 Å². The van der Waals surface area contributed by atoms with Gasteiger partial charge in [0.2, 0.25) is 23.6 Å². The van der Waals surface area contributed by atoms with E-state index in [0.717, 1.165) is 30.6 Å². The number of carbonyl (C=O) groups is 5. The van der Waals surface area contributed by atoms with E-state index in [0.29, 0.717) is 38.5 Å². The molecule has 2 heterocycles. The largest absolute Gasteiger partial charge is 0.343 e. The molecule has 60 heavy (non-hydrogen) atoms. The van der Waals surface area contributed by atoms with Crippen LogP contribution in [-0.4, -0.2) is 114 Å². The first-order valence-corrected chi connectivity index (χ1v) is 22.7. The molecule has 7 atom stereocenters. The average Bonchev–Trinajstić information content (AvgIpc) is 3.99. The number of carbonyl (C=O) groups excluding carboxylic acids is 5. The summed E-state index contributed by atoms with van der Waals surface area (Å²) < 4.78 is 165. The van der Waals surface area contributed by atoms with E-state index >= 15 is 9.59 Å². The van der Waals surface area contributed by atoms with Gasteiger partial charge >= 0.3 is 10.2 Å². The molecule has 0 aromatic rings. The van der Waals surface area contributed by atoms with Crippen LogP contribution in [0.15, 0.2) is 12.7 Å². The molecule has 6 rings (SSSR count). The summed E-state index contributed by atoms with van der Waals surface area (Å²) >= 11 is 0. The van der Waals surface area contributed by atoms with Crippen LogP contribution >= 0.6 is 0 Å². The third-order valence-corrected chi connectivity index (χ3v) is 16.4. The third kappa shape index (κ3) is 7.94. The highest BCUT2D eigenvalue weighted by Gasteiger charge is 2.85. The van der Waals surface area contributed by atoms with E-state index in [2.05, 4.69) is 22.5 Å². The summed E-state index contributed by atoms with van der Waals surface area (Å²) in [6.45, 7) is -10.8. The Morgan fingerprint density at radius 3 is 2.13 bits per heavy atom. The maximum atomic E-state index is 15.5. The molecule has 2 aliphatic heterocycles. The molecular weight excluding hydrogens is 783 g/mol. The van der Waals surface area contributed by atoms with Crippen molar-refractivity contribution in [2.45, 2.75) is 181 Å². The summed E-state index contributed by atoms with van der Waals surface area (Å²) in [5.74, 6) is -6.48. The van der Waals surface area contributed by atoms with Gasteiger partial charge in [-0.05, 0) is 93.8 Å². The van der Waals surface area contributed by atoms with Crippen LogP contribution in [0.4, 0.5) is 0 Å². The molecule has 0 unspecified atom stereocenters. The van der Waals surface area contributed by atoms with Gasteiger partial charge in [-0.1, -0.05) is 86.5 Å². The molecule has 2 spiro atoms. The molecule has 0 aromatic heterocycles. The lowest BCUT2D eigenvalue weighted by Crippen LogP contribution is -2.63. The van der Waals surface area contributed by atoms with E-state index in [1.54, 1.807) is 20.8 Å². The summed E-state index contributed by atoms with van der Waals surface area (Å²) in [7, 11) is -6.09. The molecule has 4 aliphatic carbocycles. The number of fused-ring (bicyclic) bond motifs is 1. The van der Waals surface area contributed by atoms with Crippen LogP contribution in [0.3, 0.4) is 0 Å². The lowest BCUT2D eigenvalue weighted by molar-refractivity contribution is -0.145. The number of amides is 5. The van der Waals surface area contributed by atoms with E-state index < -0.39 is 148 Å². The van der Waals surface area contributed by atoms with Gasteiger partial charge in [-0.15, -0.1) is 6.58 Å². The van der Waals surface area contributed by atoms with Gasteiger partial charge in [0.05, 0.1) is 6.04 Å². The Balaban J connectivity index is 1.33. The number of nitrogens with zero attached hydrogens (tertiary/aromatic N) is 3. The van der Waals surface area contributed by atoms with Gasteiger partial charge in [-0.25, -0.2) is 4.72 Å². The Morgan fingerprint density at radius 2 is 1.58 bits per heavy atom. The topological polar surface area (TPSA) is 177 Å². The number of rotatable bonds is 15. The summed E-state index contributed by atoms with van der Waals surface area (Å²) in [6, 6.07) is -8.73. The predicted molar refractivity (Wildman–Crippen MR) is 231 cm³/mol. The minimum atomic E-state index is -6.09. The molecule has 5 amide bonds. The maximum absolute atomic E-state index is 15.5. The number of hydrogen-bond donors (Lipinski definition) is 4. The van der Waals surface area contributed by atoms with Crippen LogP contribution in [-0.2, 0) is 34.2 Å². The molecular formula is C45H75N7O7S. The molecule has 0 radical (unpaired) electrons. The Hall–Kier alpha value is -3.04. The average molecular weight is 875 g/mol. The van der Waals surface area contributed by atoms with Gasteiger partial charge in [0.25, 0.3) is 5.91 Å². The first-order chi connectivity index (χ1) is 34.7. The highest BCUT2D eigenvalue weighted by atomic mass is 32.2. The Labute approximate surface area is 383 Å². The van der Waals surface area contributed by atoms with Crippen molar-refractivity contribution in [3.63, 3.8) is 0 Å². The number of piperidine rings is 1. The molecule has 0 aromatic carbocycles. The summed E-state index contributed by atoms with van der Waals surface area (Å²) in [4.78, 5) is 76.5. The first-order valence-electron chi connectivity index (χ1n) is 29.7. The second-order valence-corrected chi connectivity index (χ2v) is 21.0. The lowest BCUT2D eigenvalue weighted by Gasteiger charge is -2.40. The summed E-state index contributed by atoms with van der Waals surface area (Å²) in [5, 5.41) is 8.27.